The Morgan fingerprint density at radius 2 is 1.60 bits per heavy atom. The van der Waals surface area contributed by atoms with E-state index in [1.54, 1.807) is 0 Å². The molecule has 0 amide bonds. The quantitative estimate of drug-likeness (QED) is 0.745. The molecule has 0 unspecified atom stereocenters. The van der Waals surface area contributed by atoms with Crippen LogP contribution in [0.2, 0.25) is 0 Å². The number of nitrogens with one attached hydrogen (secondary N) is 1. The molecule has 0 aromatic heterocycles. The number of rotatable bonds is 8. The highest BCUT2D eigenvalue weighted by Gasteiger charge is 2.13. The van der Waals surface area contributed by atoms with Crippen LogP contribution >= 0.6 is 0 Å². The SMILES string of the molecule is CC(C)CC(CC(C)C)Nc1cccc(CN(C)C)c1. The molecule has 20 heavy (non-hydrogen) atoms. The zero-order valence-corrected chi connectivity index (χ0v) is 14.1. The Morgan fingerprint density at radius 3 is 2.10 bits per heavy atom. The molecule has 1 rings (SSSR count). The summed E-state index contributed by atoms with van der Waals surface area (Å²) in [7, 11) is 4.22. The average molecular weight is 276 g/mol. The van der Waals surface area contributed by atoms with Crippen LogP contribution in [0.15, 0.2) is 24.3 Å². The molecule has 0 saturated carbocycles. The number of hydrogen-bond acceptors (Lipinski definition) is 2. The first-order valence-corrected chi connectivity index (χ1v) is 7.87. The van der Waals surface area contributed by atoms with Crippen LogP contribution in [0.4, 0.5) is 5.69 Å². The molecule has 2 nitrogen and oxygen atoms in total. The molecule has 0 radical (unpaired) electrons. The van der Waals surface area contributed by atoms with Gasteiger partial charge in [0.05, 0.1) is 0 Å². The van der Waals surface area contributed by atoms with E-state index < -0.39 is 0 Å². The minimum absolute atomic E-state index is 0.574. The standard InChI is InChI=1S/C18H32N2/c1-14(2)10-18(11-15(3)4)19-17-9-7-8-16(12-17)13-20(5)6/h7-9,12,14-15,18-19H,10-11,13H2,1-6H3. The molecule has 0 aliphatic carbocycles. The van der Waals surface area contributed by atoms with Gasteiger partial charge in [0.2, 0.25) is 0 Å². The van der Waals surface area contributed by atoms with Gasteiger partial charge in [-0.1, -0.05) is 39.8 Å². The van der Waals surface area contributed by atoms with E-state index in [1.165, 1.54) is 24.1 Å². The van der Waals surface area contributed by atoms with E-state index >= 15 is 0 Å². The van der Waals surface area contributed by atoms with Crippen molar-refractivity contribution in [2.75, 3.05) is 19.4 Å². The van der Waals surface area contributed by atoms with Gasteiger partial charge in [-0.05, 0) is 56.5 Å². The summed E-state index contributed by atoms with van der Waals surface area (Å²) in [6.45, 7) is 10.2. The van der Waals surface area contributed by atoms with E-state index in [9.17, 15) is 0 Å². The highest BCUT2D eigenvalue weighted by molar-refractivity contribution is 5.46. The molecule has 0 heterocycles. The smallest absolute Gasteiger partial charge is 0.0345 e. The molecule has 0 atom stereocenters. The molecule has 0 fully saturated rings. The summed E-state index contributed by atoms with van der Waals surface area (Å²) in [5, 5.41) is 3.74. The lowest BCUT2D eigenvalue weighted by atomic mass is 9.95. The van der Waals surface area contributed by atoms with Gasteiger partial charge in [0.1, 0.15) is 0 Å². The Bertz CT molecular complexity index is 373. The molecule has 0 aliphatic heterocycles. The van der Waals surface area contributed by atoms with Crippen molar-refractivity contribution in [1.29, 1.82) is 0 Å². The summed E-state index contributed by atoms with van der Waals surface area (Å²) in [4.78, 5) is 2.21. The Labute approximate surface area is 125 Å². The fraction of sp³-hybridized carbons (Fsp3) is 0.667. The van der Waals surface area contributed by atoms with Crippen LogP contribution in [0, 0.1) is 11.8 Å². The van der Waals surface area contributed by atoms with Crippen LogP contribution < -0.4 is 5.32 Å². The topological polar surface area (TPSA) is 15.3 Å². The third kappa shape index (κ3) is 6.95. The molecule has 0 aliphatic rings. The van der Waals surface area contributed by atoms with Crippen molar-refractivity contribution in [2.24, 2.45) is 11.8 Å². The average Bonchev–Trinajstić information content (AvgIpc) is 2.26. The molecular weight excluding hydrogens is 244 g/mol. The predicted octanol–water partition coefficient (Wildman–Crippen LogP) is 4.62. The fourth-order valence-corrected chi connectivity index (χ4v) is 2.71. The first-order chi connectivity index (χ1) is 9.36. The van der Waals surface area contributed by atoms with Crippen molar-refractivity contribution in [3.05, 3.63) is 29.8 Å². The van der Waals surface area contributed by atoms with Gasteiger partial charge < -0.3 is 10.2 Å². The van der Waals surface area contributed by atoms with Crippen LogP contribution in [-0.4, -0.2) is 25.0 Å². The van der Waals surface area contributed by atoms with Gasteiger partial charge in [0, 0.05) is 18.3 Å². The molecule has 114 valence electrons. The Kier molecular flexibility index (Phi) is 7.08. The largest absolute Gasteiger partial charge is 0.382 e. The maximum atomic E-state index is 3.74. The first kappa shape index (κ1) is 17.0. The number of benzene rings is 1. The highest BCUT2D eigenvalue weighted by Crippen LogP contribution is 2.20. The second-order valence-corrected chi connectivity index (χ2v) is 7.04. The lowest BCUT2D eigenvalue weighted by molar-refractivity contribution is 0.402. The number of nitrogens with zero attached hydrogens (tertiary/aromatic N) is 1. The highest BCUT2D eigenvalue weighted by atomic mass is 15.0. The van der Waals surface area contributed by atoms with Crippen LogP contribution in [0.25, 0.3) is 0 Å². The van der Waals surface area contributed by atoms with E-state index in [-0.39, 0.29) is 0 Å². The van der Waals surface area contributed by atoms with Crippen LogP contribution in [0.3, 0.4) is 0 Å². The van der Waals surface area contributed by atoms with Gasteiger partial charge in [-0.25, -0.2) is 0 Å². The van der Waals surface area contributed by atoms with Crippen molar-refractivity contribution < 1.29 is 0 Å². The van der Waals surface area contributed by atoms with E-state index in [2.05, 4.69) is 76.3 Å². The molecule has 1 aromatic carbocycles. The van der Waals surface area contributed by atoms with Crippen LogP contribution in [-0.2, 0) is 6.54 Å². The van der Waals surface area contributed by atoms with Crippen molar-refractivity contribution >= 4 is 5.69 Å². The van der Waals surface area contributed by atoms with Gasteiger partial charge in [-0.2, -0.15) is 0 Å². The maximum Gasteiger partial charge on any atom is 0.0345 e. The van der Waals surface area contributed by atoms with Gasteiger partial charge in [-0.15, -0.1) is 0 Å². The summed E-state index contributed by atoms with van der Waals surface area (Å²) < 4.78 is 0. The van der Waals surface area contributed by atoms with E-state index in [0.29, 0.717) is 6.04 Å². The summed E-state index contributed by atoms with van der Waals surface area (Å²) in [6.07, 6.45) is 2.46. The Morgan fingerprint density at radius 1 is 1.00 bits per heavy atom. The summed E-state index contributed by atoms with van der Waals surface area (Å²) in [5.41, 5.74) is 2.63. The number of hydrogen-bond donors (Lipinski definition) is 1. The van der Waals surface area contributed by atoms with Crippen molar-refractivity contribution in [1.82, 2.24) is 4.90 Å². The second-order valence-electron chi connectivity index (χ2n) is 7.04. The summed E-state index contributed by atoms with van der Waals surface area (Å²) >= 11 is 0. The third-order valence-corrected chi connectivity index (χ3v) is 3.31. The molecular formula is C18H32N2. The molecule has 1 aromatic rings. The zero-order valence-electron chi connectivity index (χ0n) is 14.1. The van der Waals surface area contributed by atoms with Crippen molar-refractivity contribution in [3.63, 3.8) is 0 Å². The van der Waals surface area contributed by atoms with E-state index in [0.717, 1.165) is 18.4 Å². The minimum atomic E-state index is 0.574. The molecule has 2 heteroatoms. The van der Waals surface area contributed by atoms with E-state index in [4.69, 9.17) is 0 Å². The summed E-state index contributed by atoms with van der Waals surface area (Å²) in [5.74, 6) is 1.47. The fourth-order valence-electron chi connectivity index (χ4n) is 2.71. The van der Waals surface area contributed by atoms with Gasteiger partial charge >= 0.3 is 0 Å². The minimum Gasteiger partial charge on any atom is -0.382 e. The van der Waals surface area contributed by atoms with E-state index in [1.807, 2.05) is 0 Å². The second kappa shape index (κ2) is 8.31. The lowest BCUT2D eigenvalue weighted by Crippen LogP contribution is -2.23. The van der Waals surface area contributed by atoms with Gasteiger partial charge in [0.15, 0.2) is 0 Å². The number of anilines is 1. The van der Waals surface area contributed by atoms with Crippen molar-refractivity contribution in [2.45, 2.75) is 53.1 Å². The molecule has 1 N–H and O–H groups in total. The zero-order chi connectivity index (χ0) is 15.1. The molecule has 0 saturated heterocycles. The van der Waals surface area contributed by atoms with Crippen LogP contribution in [0.1, 0.15) is 46.1 Å². The predicted molar refractivity (Wildman–Crippen MR) is 90.2 cm³/mol. The van der Waals surface area contributed by atoms with Gasteiger partial charge in [-0.3, -0.25) is 0 Å². The Hall–Kier alpha value is -1.02. The van der Waals surface area contributed by atoms with Gasteiger partial charge in [0.25, 0.3) is 0 Å². The molecule has 0 bridgehead atoms. The third-order valence-electron chi connectivity index (χ3n) is 3.31. The van der Waals surface area contributed by atoms with Crippen molar-refractivity contribution in [3.8, 4) is 0 Å². The van der Waals surface area contributed by atoms with Crippen LogP contribution in [0.5, 0.6) is 0 Å². The molecule has 0 spiro atoms. The maximum absolute atomic E-state index is 3.74. The summed E-state index contributed by atoms with van der Waals surface area (Å²) in [6, 6.07) is 9.40. The lowest BCUT2D eigenvalue weighted by Gasteiger charge is -2.24. The Balaban J connectivity index is 2.71. The normalized spacial score (nSPS) is 11.9. The monoisotopic (exact) mass is 276 g/mol. The first-order valence-electron chi connectivity index (χ1n) is 7.87.